The number of nitrogens with zero attached hydrogens (tertiary/aromatic N) is 1. The number of benzene rings is 2. The van der Waals surface area contributed by atoms with E-state index in [1.807, 2.05) is 18.2 Å². The van der Waals surface area contributed by atoms with Gasteiger partial charge < -0.3 is 19.7 Å². The van der Waals surface area contributed by atoms with E-state index < -0.39 is 0 Å². The van der Waals surface area contributed by atoms with Crippen LogP contribution < -0.4 is 4.74 Å². The molecule has 164 valence electrons. The van der Waals surface area contributed by atoms with Gasteiger partial charge in [0.05, 0.1) is 7.11 Å². The summed E-state index contributed by atoms with van der Waals surface area (Å²) < 4.78 is 11.3. The van der Waals surface area contributed by atoms with Gasteiger partial charge in [0.15, 0.2) is 11.5 Å². The zero-order valence-electron chi connectivity index (χ0n) is 17.8. The number of phenols is 2. The van der Waals surface area contributed by atoms with Gasteiger partial charge in [0.2, 0.25) is 0 Å². The quantitative estimate of drug-likeness (QED) is 0.665. The fourth-order valence-corrected chi connectivity index (χ4v) is 5.57. The van der Waals surface area contributed by atoms with Crippen LogP contribution in [-0.4, -0.2) is 46.9 Å². The first-order valence-corrected chi connectivity index (χ1v) is 11.2. The molecule has 3 heterocycles. The summed E-state index contributed by atoms with van der Waals surface area (Å²) in [7, 11) is 1.53. The van der Waals surface area contributed by atoms with E-state index in [-0.39, 0.29) is 29.6 Å². The zero-order valence-corrected chi connectivity index (χ0v) is 17.8. The van der Waals surface area contributed by atoms with Crippen molar-refractivity contribution in [3.63, 3.8) is 0 Å². The van der Waals surface area contributed by atoms with Gasteiger partial charge in [-0.25, -0.2) is 0 Å². The van der Waals surface area contributed by atoms with Crippen molar-refractivity contribution in [2.75, 3.05) is 13.7 Å². The monoisotopic (exact) mass is 423 g/mol. The molecule has 0 amide bonds. The molecule has 3 aliphatic heterocycles. The Labute approximate surface area is 182 Å². The highest BCUT2D eigenvalue weighted by molar-refractivity contribution is 5.77. The summed E-state index contributed by atoms with van der Waals surface area (Å²) in [5.41, 5.74) is 3.47. The van der Waals surface area contributed by atoms with Gasteiger partial charge in [0.1, 0.15) is 11.9 Å². The molecule has 2 fully saturated rings. The van der Waals surface area contributed by atoms with Crippen LogP contribution in [0.3, 0.4) is 0 Å². The number of phenolic OH excluding ortho intramolecular Hbond substituents is 2. The number of hydrogen-bond donors (Lipinski definition) is 2. The van der Waals surface area contributed by atoms with Crippen molar-refractivity contribution in [3.05, 3.63) is 41.5 Å². The van der Waals surface area contributed by atoms with Crippen molar-refractivity contribution in [2.45, 2.75) is 63.1 Å². The number of aromatic hydroxyl groups is 2. The third-order valence-electron chi connectivity index (χ3n) is 7.07. The summed E-state index contributed by atoms with van der Waals surface area (Å²) in [4.78, 5) is 15.1. The normalized spacial score (nSPS) is 26.0. The van der Waals surface area contributed by atoms with Crippen molar-refractivity contribution in [3.8, 4) is 28.4 Å². The summed E-state index contributed by atoms with van der Waals surface area (Å²) in [6, 6.07) is 9.40. The first-order valence-electron chi connectivity index (χ1n) is 11.2. The van der Waals surface area contributed by atoms with Crippen LogP contribution >= 0.6 is 0 Å². The maximum atomic E-state index is 12.6. The second-order valence-electron chi connectivity index (χ2n) is 8.95. The SMILES string of the molecule is COc1cc2c(cc1O)[C@@H]1C[C@H](C[C@H]3CCCCN31)OC(=O)CCc1ccc(O)c-2c1. The molecule has 6 heteroatoms. The van der Waals surface area contributed by atoms with Crippen LogP contribution in [-0.2, 0) is 16.0 Å². The Morgan fingerprint density at radius 1 is 1.03 bits per heavy atom. The Bertz CT molecular complexity index is 1000. The van der Waals surface area contributed by atoms with E-state index in [0.29, 0.717) is 36.6 Å². The van der Waals surface area contributed by atoms with E-state index in [4.69, 9.17) is 9.47 Å². The molecule has 3 aliphatic rings. The van der Waals surface area contributed by atoms with Gasteiger partial charge in [-0.15, -0.1) is 0 Å². The first-order chi connectivity index (χ1) is 15.0. The van der Waals surface area contributed by atoms with E-state index >= 15 is 0 Å². The molecule has 2 aromatic carbocycles. The molecular weight excluding hydrogens is 394 g/mol. The standard InChI is InChI=1S/C25H29NO5/c1-30-24-14-18-19(13-23(24)28)21-12-17(11-16-4-2-3-9-26(16)21)31-25(29)8-6-15-5-7-22(27)20(18)10-15/h5,7,10,13-14,16-17,21,27-28H,2-4,6,8-9,11-12H2,1H3/t16-,17+,21+/m1/s1. The van der Waals surface area contributed by atoms with Crippen LogP contribution in [0.1, 0.15) is 55.7 Å². The van der Waals surface area contributed by atoms with Crippen molar-refractivity contribution < 1.29 is 24.5 Å². The molecule has 3 atom stereocenters. The number of carbonyl (C=O) groups excluding carboxylic acids is 1. The second kappa shape index (κ2) is 8.08. The third-order valence-corrected chi connectivity index (χ3v) is 7.07. The highest BCUT2D eigenvalue weighted by atomic mass is 16.5. The maximum absolute atomic E-state index is 12.6. The predicted molar refractivity (Wildman–Crippen MR) is 116 cm³/mol. The molecule has 2 saturated heterocycles. The molecule has 0 saturated carbocycles. The molecule has 5 rings (SSSR count). The Balaban J connectivity index is 1.72. The number of hydrogen-bond acceptors (Lipinski definition) is 6. The van der Waals surface area contributed by atoms with Crippen molar-refractivity contribution in [1.82, 2.24) is 4.90 Å². The van der Waals surface area contributed by atoms with Gasteiger partial charge in [-0.3, -0.25) is 9.69 Å². The molecule has 0 radical (unpaired) electrons. The molecule has 0 aliphatic carbocycles. The number of esters is 1. The van der Waals surface area contributed by atoms with Gasteiger partial charge in [0.25, 0.3) is 0 Å². The van der Waals surface area contributed by atoms with Crippen molar-refractivity contribution in [2.24, 2.45) is 0 Å². The fraction of sp³-hybridized carbons (Fsp3) is 0.480. The lowest BCUT2D eigenvalue weighted by atomic mass is 9.81. The molecular formula is C25H29NO5. The average molecular weight is 424 g/mol. The number of ether oxygens (including phenoxy) is 2. The van der Waals surface area contributed by atoms with E-state index in [1.54, 1.807) is 12.1 Å². The largest absolute Gasteiger partial charge is 0.507 e. The molecule has 2 N–H and O–H groups in total. The summed E-state index contributed by atoms with van der Waals surface area (Å²) in [6.07, 6.45) is 5.68. The Hall–Kier alpha value is -2.73. The molecule has 6 nitrogen and oxygen atoms in total. The van der Waals surface area contributed by atoms with Gasteiger partial charge >= 0.3 is 5.97 Å². The number of fused-ring (bicyclic) bond motifs is 9. The molecule has 2 aromatic rings. The van der Waals surface area contributed by atoms with Gasteiger partial charge in [-0.05, 0) is 66.8 Å². The topological polar surface area (TPSA) is 79.2 Å². The van der Waals surface area contributed by atoms with E-state index in [1.165, 1.54) is 13.5 Å². The summed E-state index contributed by atoms with van der Waals surface area (Å²) in [5.74, 6) is 0.474. The number of carbonyl (C=O) groups is 1. The minimum atomic E-state index is -0.166. The average Bonchev–Trinajstić information content (AvgIpc) is 2.77. The summed E-state index contributed by atoms with van der Waals surface area (Å²) >= 11 is 0. The van der Waals surface area contributed by atoms with Crippen LogP contribution in [0.5, 0.6) is 17.2 Å². The molecule has 0 spiro atoms. The van der Waals surface area contributed by atoms with E-state index in [9.17, 15) is 15.0 Å². The highest BCUT2D eigenvalue weighted by Gasteiger charge is 2.40. The Morgan fingerprint density at radius 2 is 1.90 bits per heavy atom. The summed E-state index contributed by atoms with van der Waals surface area (Å²) in [5, 5.41) is 21.4. The van der Waals surface area contributed by atoms with Crippen molar-refractivity contribution >= 4 is 5.97 Å². The number of methoxy groups -OCH3 is 1. The first kappa shape index (κ1) is 20.2. The van der Waals surface area contributed by atoms with Crippen LogP contribution in [0, 0.1) is 0 Å². The second-order valence-corrected chi connectivity index (χ2v) is 8.95. The van der Waals surface area contributed by atoms with Gasteiger partial charge in [-0.1, -0.05) is 12.5 Å². The number of rotatable bonds is 1. The molecule has 0 unspecified atom stereocenters. The lowest BCUT2D eigenvalue weighted by Crippen LogP contribution is -2.49. The number of aryl methyl sites for hydroxylation is 1. The maximum Gasteiger partial charge on any atom is 0.306 e. The lowest BCUT2D eigenvalue weighted by Gasteiger charge is -2.48. The third kappa shape index (κ3) is 3.74. The molecule has 31 heavy (non-hydrogen) atoms. The molecule has 4 bridgehead atoms. The van der Waals surface area contributed by atoms with Crippen LogP contribution in [0.4, 0.5) is 0 Å². The van der Waals surface area contributed by atoms with Gasteiger partial charge in [0, 0.05) is 36.9 Å². The lowest BCUT2D eigenvalue weighted by molar-refractivity contribution is -0.154. The zero-order chi connectivity index (χ0) is 21.5. The predicted octanol–water partition coefficient (Wildman–Crippen LogP) is 4.32. The van der Waals surface area contributed by atoms with Crippen LogP contribution in [0.2, 0.25) is 0 Å². The van der Waals surface area contributed by atoms with E-state index in [0.717, 1.165) is 42.5 Å². The van der Waals surface area contributed by atoms with E-state index in [2.05, 4.69) is 4.90 Å². The minimum absolute atomic E-state index is 0.00820. The minimum Gasteiger partial charge on any atom is -0.507 e. The van der Waals surface area contributed by atoms with Gasteiger partial charge in [-0.2, -0.15) is 0 Å². The van der Waals surface area contributed by atoms with Crippen molar-refractivity contribution in [1.29, 1.82) is 0 Å². The smallest absolute Gasteiger partial charge is 0.306 e. The van der Waals surface area contributed by atoms with Crippen LogP contribution in [0.15, 0.2) is 30.3 Å². The fourth-order valence-electron chi connectivity index (χ4n) is 5.57. The highest BCUT2D eigenvalue weighted by Crippen LogP contribution is 2.47. The Kier molecular flexibility index (Phi) is 5.26. The molecule has 0 aromatic heterocycles. The Morgan fingerprint density at radius 3 is 2.74 bits per heavy atom. The van der Waals surface area contributed by atoms with Crippen LogP contribution in [0.25, 0.3) is 11.1 Å². The number of piperidine rings is 2. The summed E-state index contributed by atoms with van der Waals surface area (Å²) in [6.45, 7) is 0.980.